The zero-order valence-electron chi connectivity index (χ0n) is 10.2. The van der Waals surface area contributed by atoms with E-state index in [9.17, 15) is 0 Å². The summed E-state index contributed by atoms with van der Waals surface area (Å²) < 4.78 is 0. The van der Waals surface area contributed by atoms with Gasteiger partial charge in [-0.25, -0.2) is 0 Å². The van der Waals surface area contributed by atoms with Crippen LogP contribution in [0.1, 0.15) is 23.4 Å². The Hall–Kier alpha value is -1.39. The van der Waals surface area contributed by atoms with Crippen molar-refractivity contribution >= 4 is 17.0 Å². The Balaban J connectivity index is 1.73. The molecule has 1 aliphatic carbocycles. The minimum Gasteiger partial charge on any atom is -0.397 e. The van der Waals surface area contributed by atoms with Crippen LogP contribution in [0.2, 0.25) is 0 Å². The lowest BCUT2D eigenvalue weighted by atomic mass is 10.2. The molecule has 2 aromatic rings. The Labute approximate surface area is 111 Å². The molecule has 2 heterocycles. The van der Waals surface area contributed by atoms with Crippen molar-refractivity contribution in [1.29, 1.82) is 0 Å². The molecule has 3 rings (SSSR count). The fraction of sp³-hybridized carbons (Fsp3) is 0.357. The van der Waals surface area contributed by atoms with Crippen LogP contribution in [0.4, 0.5) is 5.69 Å². The molecule has 4 heteroatoms. The number of hydrogen-bond acceptors (Lipinski definition) is 4. The molecule has 3 nitrogen and oxygen atoms in total. The SMILES string of the molecule is Nc1cccnc1CN(Cc1cccs1)C1CC1. The van der Waals surface area contributed by atoms with E-state index < -0.39 is 0 Å². The Morgan fingerprint density at radius 2 is 2.17 bits per heavy atom. The van der Waals surface area contributed by atoms with E-state index in [1.165, 1.54) is 17.7 Å². The maximum Gasteiger partial charge on any atom is 0.0772 e. The molecule has 0 radical (unpaired) electrons. The van der Waals surface area contributed by atoms with E-state index >= 15 is 0 Å². The number of hydrogen-bond donors (Lipinski definition) is 1. The molecule has 1 aliphatic rings. The molecular formula is C14H17N3S. The quantitative estimate of drug-likeness (QED) is 0.897. The number of thiophene rings is 1. The largest absolute Gasteiger partial charge is 0.397 e. The molecule has 94 valence electrons. The van der Waals surface area contributed by atoms with Crippen molar-refractivity contribution < 1.29 is 0 Å². The third-order valence-corrected chi connectivity index (χ3v) is 4.14. The lowest BCUT2D eigenvalue weighted by Crippen LogP contribution is -2.25. The van der Waals surface area contributed by atoms with Crippen LogP contribution in [0.15, 0.2) is 35.8 Å². The molecule has 0 bridgehead atoms. The summed E-state index contributed by atoms with van der Waals surface area (Å²) in [7, 11) is 0. The minimum atomic E-state index is 0.716. The van der Waals surface area contributed by atoms with Crippen LogP contribution >= 0.6 is 11.3 Å². The highest BCUT2D eigenvalue weighted by Crippen LogP contribution is 2.30. The average Bonchev–Trinajstić information content (AvgIpc) is 3.10. The number of nitrogens with two attached hydrogens (primary N) is 1. The predicted molar refractivity (Wildman–Crippen MR) is 75.2 cm³/mol. The van der Waals surface area contributed by atoms with Gasteiger partial charge in [-0.15, -0.1) is 11.3 Å². The van der Waals surface area contributed by atoms with Gasteiger partial charge in [0, 0.05) is 30.2 Å². The van der Waals surface area contributed by atoms with Crippen molar-refractivity contribution in [3.8, 4) is 0 Å². The second-order valence-electron chi connectivity index (χ2n) is 4.75. The first-order valence-electron chi connectivity index (χ1n) is 6.29. The van der Waals surface area contributed by atoms with Gasteiger partial charge in [-0.1, -0.05) is 6.07 Å². The van der Waals surface area contributed by atoms with Gasteiger partial charge in [0.25, 0.3) is 0 Å². The molecule has 0 spiro atoms. The van der Waals surface area contributed by atoms with E-state index in [0.29, 0.717) is 6.04 Å². The van der Waals surface area contributed by atoms with Crippen molar-refractivity contribution in [2.45, 2.75) is 32.0 Å². The first-order chi connectivity index (χ1) is 8.83. The van der Waals surface area contributed by atoms with Gasteiger partial charge in [0.1, 0.15) is 0 Å². The van der Waals surface area contributed by atoms with E-state index in [-0.39, 0.29) is 0 Å². The summed E-state index contributed by atoms with van der Waals surface area (Å²) in [4.78, 5) is 8.30. The average molecular weight is 259 g/mol. The molecule has 0 aromatic carbocycles. The smallest absolute Gasteiger partial charge is 0.0772 e. The summed E-state index contributed by atoms with van der Waals surface area (Å²) in [6, 6.07) is 8.84. The number of rotatable bonds is 5. The van der Waals surface area contributed by atoms with E-state index in [4.69, 9.17) is 5.73 Å². The predicted octanol–water partition coefficient (Wildman–Crippen LogP) is 2.89. The molecule has 0 saturated heterocycles. The molecule has 0 atom stereocenters. The van der Waals surface area contributed by atoms with Crippen molar-refractivity contribution in [2.24, 2.45) is 0 Å². The molecule has 0 amide bonds. The molecule has 0 aliphatic heterocycles. The standard InChI is InChI=1S/C14H17N3S/c15-13-4-1-7-16-14(13)10-17(11-5-6-11)9-12-3-2-8-18-12/h1-4,7-8,11H,5-6,9-10,15H2. The van der Waals surface area contributed by atoms with Crippen LogP contribution in [0.3, 0.4) is 0 Å². The van der Waals surface area contributed by atoms with Crippen molar-refractivity contribution in [3.63, 3.8) is 0 Å². The molecule has 2 aromatic heterocycles. The van der Waals surface area contributed by atoms with Crippen LogP contribution in [-0.2, 0) is 13.1 Å². The summed E-state index contributed by atoms with van der Waals surface area (Å²) in [6.07, 6.45) is 4.43. The number of aromatic nitrogens is 1. The Morgan fingerprint density at radius 1 is 1.28 bits per heavy atom. The molecule has 0 unspecified atom stereocenters. The topological polar surface area (TPSA) is 42.1 Å². The number of anilines is 1. The van der Waals surface area contributed by atoms with Crippen molar-refractivity contribution in [3.05, 3.63) is 46.4 Å². The summed E-state index contributed by atoms with van der Waals surface area (Å²) >= 11 is 1.82. The Bertz CT molecular complexity index is 506. The number of nitrogen functional groups attached to an aromatic ring is 1. The second-order valence-corrected chi connectivity index (χ2v) is 5.79. The van der Waals surface area contributed by atoms with E-state index in [0.717, 1.165) is 24.5 Å². The number of nitrogens with zero attached hydrogens (tertiary/aromatic N) is 2. The first-order valence-corrected chi connectivity index (χ1v) is 7.16. The zero-order valence-corrected chi connectivity index (χ0v) is 11.1. The molecule has 1 saturated carbocycles. The van der Waals surface area contributed by atoms with Gasteiger partial charge in [0.15, 0.2) is 0 Å². The summed E-state index contributed by atoms with van der Waals surface area (Å²) in [5, 5.41) is 2.13. The van der Waals surface area contributed by atoms with E-state index in [1.54, 1.807) is 0 Å². The maximum absolute atomic E-state index is 5.98. The van der Waals surface area contributed by atoms with Crippen LogP contribution in [0.5, 0.6) is 0 Å². The van der Waals surface area contributed by atoms with Crippen LogP contribution in [-0.4, -0.2) is 15.9 Å². The highest BCUT2D eigenvalue weighted by atomic mass is 32.1. The summed E-state index contributed by atoms with van der Waals surface area (Å²) in [6.45, 7) is 1.87. The van der Waals surface area contributed by atoms with Crippen molar-refractivity contribution in [1.82, 2.24) is 9.88 Å². The normalized spacial score (nSPS) is 15.2. The molecule has 1 fully saturated rings. The third kappa shape index (κ3) is 2.71. The molecular weight excluding hydrogens is 242 g/mol. The Morgan fingerprint density at radius 3 is 2.83 bits per heavy atom. The van der Waals surface area contributed by atoms with Gasteiger partial charge < -0.3 is 5.73 Å². The lowest BCUT2D eigenvalue weighted by molar-refractivity contribution is 0.245. The van der Waals surface area contributed by atoms with Gasteiger partial charge >= 0.3 is 0 Å². The van der Waals surface area contributed by atoms with Gasteiger partial charge in [0.05, 0.1) is 11.4 Å². The molecule has 18 heavy (non-hydrogen) atoms. The second kappa shape index (κ2) is 5.08. The van der Waals surface area contributed by atoms with E-state index in [1.807, 2.05) is 29.7 Å². The third-order valence-electron chi connectivity index (χ3n) is 3.28. The lowest BCUT2D eigenvalue weighted by Gasteiger charge is -2.21. The van der Waals surface area contributed by atoms with Gasteiger partial charge in [-0.05, 0) is 36.4 Å². The molecule has 2 N–H and O–H groups in total. The zero-order chi connectivity index (χ0) is 12.4. The minimum absolute atomic E-state index is 0.716. The monoisotopic (exact) mass is 259 g/mol. The summed E-state index contributed by atoms with van der Waals surface area (Å²) in [5.74, 6) is 0. The van der Waals surface area contributed by atoms with Crippen molar-refractivity contribution in [2.75, 3.05) is 5.73 Å². The Kier molecular flexibility index (Phi) is 3.30. The van der Waals surface area contributed by atoms with E-state index in [2.05, 4.69) is 27.4 Å². The van der Waals surface area contributed by atoms with Gasteiger partial charge in [-0.2, -0.15) is 0 Å². The fourth-order valence-corrected chi connectivity index (χ4v) is 2.86. The van der Waals surface area contributed by atoms with Crippen LogP contribution in [0, 0.1) is 0 Å². The maximum atomic E-state index is 5.98. The van der Waals surface area contributed by atoms with Crippen LogP contribution in [0.25, 0.3) is 0 Å². The summed E-state index contributed by atoms with van der Waals surface area (Å²) in [5.41, 5.74) is 7.78. The fourth-order valence-electron chi connectivity index (χ4n) is 2.13. The van der Waals surface area contributed by atoms with Gasteiger partial charge in [0.2, 0.25) is 0 Å². The highest BCUT2D eigenvalue weighted by molar-refractivity contribution is 7.09. The van der Waals surface area contributed by atoms with Crippen LogP contribution < -0.4 is 5.73 Å². The number of pyridine rings is 1. The highest BCUT2D eigenvalue weighted by Gasteiger charge is 2.29. The first kappa shape index (κ1) is 11.7. The van der Waals surface area contributed by atoms with Gasteiger partial charge in [-0.3, -0.25) is 9.88 Å².